The first kappa shape index (κ1) is 15.3. The number of fused-ring (bicyclic) bond motifs is 1. The van der Waals surface area contributed by atoms with Crippen molar-refractivity contribution in [1.82, 2.24) is 19.7 Å². The van der Waals surface area contributed by atoms with Gasteiger partial charge in [-0.1, -0.05) is 23.5 Å². The molecule has 0 bridgehead atoms. The van der Waals surface area contributed by atoms with E-state index < -0.39 is 0 Å². The van der Waals surface area contributed by atoms with E-state index in [9.17, 15) is 9.90 Å². The van der Waals surface area contributed by atoms with Crippen molar-refractivity contribution in [3.05, 3.63) is 54.4 Å². The number of phenols is 1. The number of aryl methyl sites for hydroxylation is 1. The highest BCUT2D eigenvalue weighted by molar-refractivity contribution is 7.22. The topological polar surface area (TPSA) is 92.9 Å². The third-order valence-electron chi connectivity index (χ3n) is 3.71. The average molecular weight is 351 g/mol. The second-order valence-corrected chi connectivity index (χ2v) is 6.33. The average Bonchev–Trinajstić information content (AvgIpc) is 3.20. The van der Waals surface area contributed by atoms with Crippen molar-refractivity contribution in [2.45, 2.75) is 0 Å². The quantitative estimate of drug-likeness (QED) is 0.592. The molecule has 0 atom stereocenters. The summed E-state index contributed by atoms with van der Waals surface area (Å²) < 4.78 is 1.50. The summed E-state index contributed by atoms with van der Waals surface area (Å²) in [6.07, 6.45) is 1.56. The number of carbonyl (C=O) groups is 1. The normalized spacial score (nSPS) is 10.9. The summed E-state index contributed by atoms with van der Waals surface area (Å²) >= 11 is 1.28. The molecule has 1 aromatic carbocycles. The number of aromatic hydroxyl groups is 1. The van der Waals surface area contributed by atoms with E-state index in [1.54, 1.807) is 43.6 Å². The van der Waals surface area contributed by atoms with Crippen molar-refractivity contribution in [2.75, 3.05) is 5.32 Å². The van der Waals surface area contributed by atoms with E-state index in [-0.39, 0.29) is 11.7 Å². The lowest BCUT2D eigenvalue weighted by Gasteiger charge is -2.02. The van der Waals surface area contributed by atoms with Crippen LogP contribution in [0.25, 0.3) is 21.6 Å². The van der Waals surface area contributed by atoms with E-state index in [2.05, 4.69) is 20.4 Å². The van der Waals surface area contributed by atoms with Crippen molar-refractivity contribution in [3.63, 3.8) is 0 Å². The van der Waals surface area contributed by atoms with Gasteiger partial charge in [0.15, 0.2) is 5.13 Å². The molecule has 0 spiro atoms. The van der Waals surface area contributed by atoms with E-state index in [1.165, 1.54) is 16.0 Å². The summed E-state index contributed by atoms with van der Waals surface area (Å²) in [5, 5.41) is 17.2. The molecule has 3 aromatic heterocycles. The minimum atomic E-state index is -0.278. The molecule has 0 unspecified atom stereocenters. The smallest absolute Gasteiger partial charge is 0.275 e. The van der Waals surface area contributed by atoms with Gasteiger partial charge in [0.1, 0.15) is 21.8 Å². The zero-order chi connectivity index (χ0) is 17.4. The maximum atomic E-state index is 12.2. The van der Waals surface area contributed by atoms with Crippen LogP contribution in [0.5, 0.6) is 5.75 Å². The Hall–Kier alpha value is -3.26. The maximum absolute atomic E-state index is 12.2. The molecule has 4 aromatic rings. The standard InChI is InChI=1S/C17H13N5O2S/c1-22-13(8-9-18-22)15(24)21-17-20-12-7-6-11(19-16(12)25-17)10-4-2-3-5-14(10)23/h2-9,23H,1H3,(H,20,21,24). The lowest BCUT2D eigenvalue weighted by molar-refractivity contribution is 0.101. The zero-order valence-electron chi connectivity index (χ0n) is 13.2. The number of aromatic nitrogens is 4. The van der Waals surface area contributed by atoms with Crippen LogP contribution in [0.2, 0.25) is 0 Å². The van der Waals surface area contributed by atoms with Crippen LogP contribution < -0.4 is 5.32 Å². The number of carbonyl (C=O) groups excluding carboxylic acids is 1. The third kappa shape index (κ3) is 2.83. The van der Waals surface area contributed by atoms with Crippen molar-refractivity contribution in [2.24, 2.45) is 7.05 Å². The number of rotatable bonds is 3. The van der Waals surface area contributed by atoms with E-state index in [0.29, 0.717) is 32.4 Å². The SMILES string of the molecule is Cn1nccc1C(=O)Nc1nc2ccc(-c3ccccc3O)nc2s1. The van der Waals surface area contributed by atoms with Gasteiger partial charge < -0.3 is 5.11 Å². The van der Waals surface area contributed by atoms with Crippen LogP contribution in [-0.4, -0.2) is 30.8 Å². The predicted molar refractivity (Wildman–Crippen MR) is 95.7 cm³/mol. The molecule has 0 aliphatic rings. The molecule has 2 N–H and O–H groups in total. The summed E-state index contributed by atoms with van der Waals surface area (Å²) in [5.74, 6) is -0.108. The lowest BCUT2D eigenvalue weighted by Crippen LogP contribution is -2.15. The van der Waals surface area contributed by atoms with Crippen LogP contribution in [0, 0.1) is 0 Å². The van der Waals surface area contributed by atoms with Crippen LogP contribution in [0.4, 0.5) is 5.13 Å². The Morgan fingerprint density at radius 2 is 2.00 bits per heavy atom. The highest BCUT2D eigenvalue weighted by Gasteiger charge is 2.14. The molecule has 0 fully saturated rings. The number of thiazole rings is 1. The molecule has 8 heteroatoms. The van der Waals surface area contributed by atoms with Gasteiger partial charge >= 0.3 is 0 Å². The van der Waals surface area contributed by atoms with E-state index in [1.807, 2.05) is 12.1 Å². The van der Waals surface area contributed by atoms with Gasteiger partial charge in [0.25, 0.3) is 5.91 Å². The molecule has 0 aliphatic heterocycles. The number of hydrogen-bond acceptors (Lipinski definition) is 6. The molecule has 0 saturated carbocycles. The van der Waals surface area contributed by atoms with Gasteiger partial charge in [0, 0.05) is 18.8 Å². The molecule has 1 amide bonds. The molecule has 0 aliphatic carbocycles. The summed E-state index contributed by atoms with van der Waals surface area (Å²) in [6, 6.07) is 12.3. The molecule has 0 saturated heterocycles. The van der Waals surface area contributed by atoms with Crippen LogP contribution in [0.1, 0.15) is 10.5 Å². The monoisotopic (exact) mass is 351 g/mol. The van der Waals surface area contributed by atoms with E-state index >= 15 is 0 Å². The minimum absolute atomic E-state index is 0.170. The molecule has 4 rings (SSSR count). The molecule has 0 radical (unpaired) electrons. The zero-order valence-corrected chi connectivity index (χ0v) is 14.0. The fourth-order valence-corrected chi connectivity index (χ4v) is 3.30. The van der Waals surface area contributed by atoms with Gasteiger partial charge in [0.2, 0.25) is 0 Å². The van der Waals surface area contributed by atoms with E-state index in [4.69, 9.17) is 0 Å². The summed E-state index contributed by atoms with van der Waals surface area (Å²) in [5.41, 5.74) is 2.43. The number of anilines is 1. The van der Waals surface area contributed by atoms with Gasteiger partial charge in [-0.25, -0.2) is 9.97 Å². The largest absolute Gasteiger partial charge is 0.507 e. The highest BCUT2D eigenvalue weighted by atomic mass is 32.1. The van der Waals surface area contributed by atoms with Gasteiger partial charge in [-0.3, -0.25) is 14.8 Å². The number of pyridine rings is 1. The Kier molecular flexibility index (Phi) is 3.66. The Balaban J connectivity index is 1.66. The Morgan fingerprint density at radius 1 is 1.16 bits per heavy atom. The first-order chi connectivity index (χ1) is 12.1. The first-order valence-electron chi connectivity index (χ1n) is 7.47. The lowest BCUT2D eigenvalue weighted by atomic mass is 10.1. The van der Waals surface area contributed by atoms with Crippen LogP contribution >= 0.6 is 11.3 Å². The van der Waals surface area contributed by atoms with Crippen molar-refractivity contribution in [3.8, 4) is 17.0 Å². The Morgan fingerprint density at radius 3 is 2.76 bits per heavy atom. The number of amides is 1. The number of nitrogens with zero attached hydrogens (tertiary/aromatic N) is 4. The maximum Gasteiger partial charge on any atom is 0.275 e. The number of benzene rings is 1. The summed E-state index contributed by atoms with van der Waals surface area (Å²) in [7, 11) is 1.70. The second kappa shape index (κ2) is 5.99. The Bertz CT molecular complexity index is 1090. The molecule has 3 heterocycles. The third-order valence-corrected chi connectivity index (χ3v) is 4.59. The van der Waals surface area contributed by atoms with Crippen molar-refractivity contribution < 1.29 is 9.90 Å². The van der Waals surface area contributed by atoms with Crippen LogP contribution in [0.3, 0.4) is 0 Å². The number of phenolic OH excluding ortho intramolecular Hbond substituents is 1. The fourth-order valence-electron chi connectivity index (χ4n) is 2.47. The molecule has 7 nitrogen and oxygen atoms in total. The van der Waals surface area contributed by atoms with Crippen molar-refractivity contribution in [1.29, 1.82) is 0 Å². The number of hydrogen-bond donors (Lipinski definition) is 2. The minimum Gasteiger partial charge on any atom is -0.507 e. The van der Waals surface area contributed by atoms with Crippen molar-refractivity contribution >= 4 is 32.7 Å². The summed E-state index contributed by atoms with van der Waals surface area (Å²) in [4.78, 5) is 21.9. The molecule has 124 valence electrons. The second-order valence-electron chi connectivity index (χ2n) is 5.35. The van der Waals surface area contributed by atoms with Gasteiger partial charge in [-0.15, -0.1) is 0 Å². The predicted octanol–water partition coefficient (Wildman–Crippen LogP) is 3.05. The van der Waals surface area contributed by atoms with E-state index in [0.717, 1.165) is 0 Å². The van der Waals surface area contributed by atoms with Gasteiger partial charge in [0.05, 0.1) is 5.69 Å². The van der Waals surface area contributed by atoms with Crippen LogP contribution in [-0.2, 0) is 7.05 Å². The molecular formula is C17H13N5O2S. The van der Waals surface area contributed by atoms with Crippen LogP contribution in [0.15, 0.2) is 48.7 Å². The molecular weight excluding hydrogens is 338 g/mol. The van der Waals surface area contributed by atoms with Gasteiger partial charge in [-0.2, -0.15) is 5.10 Å². The summed E-state index contributed by atoms with van der Waals surface area (Å²) in [6.45, 7) is 0. The fraction of sp³-hybridized carbons (Fsp3) is 0.0588. The number of para-hydroxylation sites is 1. The Labute approximate surface area is 146 Å². The number of nitrogens with one attached hydrogen (secondary N) is 1. The molecule has 25 heavy (non-hydrogen) atoms. The highest BCUT2D eigenvalue weighted by Crippen LogP contribution is 2.31. The first-order valence-corrected chi connectivity index (χ1v) is 8.29. The van der Waals surface area contributed by atoms with Gasteiger partial charge in [-0.05, 0) is 30.3 Å².